The van der Waals surface area contributed by atoms with Crippen LogP contribution in [0.15, 0.2) is 42.9 Å². The number of halogens is 2. The van der Waals surface area contributed by atoms with Gasteiger partial charge in [0.05, 0.1) is 17.3 Å². The SMILES string of the molecule is Cc1ccnc(Cn2c(-c3ccc(OCCN4CCNCC4)cc3Cl)nc3c(NC4CC(F)C4)ncnc32)c1. The summed E-state index contributed by atoms with van der Waals surface area (Å²) < 4.78 is 21.5. The number of rotatable bonds is 9. The molecule has 1 saturated carbocycles. The Hall–Kier alpha value is -3.34. The summed E-state index contributed by atoms with van der Waals surface area (Å²) in [7, 11) is 0. The monoisotopic (exact) mass is 550 g/mol. The molecule has 9 nitrogen and oxygen atoms in total. The molecule has 4 aromatic rings. The van der Waals surface area contributed by atoms with Gasteiger partial charge in [0.15, 0.2) is 17.0 Å². The Kier molecular flexibility index (Phi) is 7.58. The summed E-state index contributed by atoms with van der Waals surface area (Å²) in [5.41, 5.74) is 4.04. The van der Waals surface area contributed by atoms with Crippen LogP contribution in [0.2, 0.25) is 5.02 Å². The lowest BCUT2D eigenvalue weighted by atomic mass is 9.91. The van der Waals surface area contributed by atoms with Gasteiger partial charge in [0.25, 0.3) is 0 Å². The number of anilines is 1. The normalized spacial score (nSPS) is 19.7. The van der Waals surface area contributed by atoms with Crippen molar-refractivity contribution in [2.75, 3.05) is 44.6 Å². The standard InChI is InChI=1S/C28H32ClFN8O/c1-18-4-5-32-21(12-18)16-38-27(36-25-26(33-17-34-28(25)38)35-20-13-19(30)14-20)23-3-2-22(15-24(23)29)39-11-10-37-8-6-31-7-9-37/h2-5,12,15,17,19-20,31H,6-11,13-14,16H2,1H3,(H,33,34,35). The third-order valence-corrected chi connectivity index (χ3v) is 7.63. The maximum Gasteiger partial charge on any atom is 0.166 e. The number of hydrogen-bond donors (Lipinski definition) is 2. The van der Waals surface area contributed by atoms with Crippen LogP contribution in [-0.2, 0) is 6.54 Å². The first-order valence-electron chi connectivity index (χ1n) is 13.4. The van der Waals surface area contributed by atoms with Gasteiger partial charge in [-0.3, -0.25) is 9.88 Å². The second-order valence-electron chi connectivity index (χ2n) is 10.2. The maximum absolute atomic E-state index is 13.5. The highest BCUT2D eigenvalue weighted by atomic mass is 35.5. The van der Waals surface area contributed by atoms with Crippen molar-refractivity contribution >= 4 is 28.6 Å². The average molecular weight is 551 g/mol. The molecule has 6 rings (SSSR count). The van der Waals surface area contributed by atoms with Crippen molar-refractivity contribution in [1.29, 1.82) is 0 Å². The second-order valence-corrected chi connectivity index (χ2v) is 10.6. The van der Waals surface area contributed by atoms with Crippen LogP contribution in [0.1, 0.15) is 24.1 Å². The number of benzene rings is 1. The van der Waals surface area contributed by atoms with Gasteiger partial charge in [-0.25, -0.2) is 19.3 Å². The Balaban J connectivity index is 1.31. The summed E-state index contributed by atoms with van der Waals surface area (Å²) in [6.07, 6.45) is 3.48. The number of piperazine rings is 1. The Morgan fingerprint density at radius 2 is 1.97 bits per heavy atom. The van der Waals surface area contributed by atoms with Gasteiger partial charge in [-0.2, -0.15) is 0 Å². The van der Waals surface area contributed by atoms with Crippen molar-refractivity contribution < 1.29 is 9.13 Å². The number of alkyl halides is 1. The molecule has 0 bridgehead atoms. The van der Waals surface area contributed by atoms with Crippen LogP contribution in [0.5, 0.6) is 5.75 Å². The van der Waals surface area contributed by atoms with E-state index in [-0.39, 0.29) is 6.04 Å². The van der Waals surface area contributed by atoms with E-state index in [0.717, 1.165) is 55.3 Å². The molecular formula is C28H32ClFN8O. The second kappa shape index (κ2) is 11.4. The molecule has 0 atom stereocenters. The minimum Gasteiger partial charge on any atom is -0.492 e. The van der Waals surface area contributed by atoms with Crippen molar-refractivity contribution in [3.05, 3.63) is 59.1 Å². The van der Waals surface area contributed by atoms with Crippen molar-refractivity contribution in [2.45, 2.75) is 38.5 Å². The van der Waals surface area contributed by atoms with Gasteiger partial charge < -0.3 is 19.9 Å². The lowest BCUT2D eigenvalue weighted by Gasteiger charge is -2.30. The number of aromatic nitrogens is 5. The number of pyridine rings is 1. The van der Waals surface area contributed by atoms with E-state index >= 15 is 0 Å². The summed E-state index contributed by atoms with van der Waals surface area (Å²) >= 11 is 6.83. The molecule has 0 radical (unpaired) electrons. The van der Waals surface area contributed by atoms with E-state index in [0.29, 0.717) is 53.8 Å². The largest absolute Gasteiger partial charge is 0.492 e. The van der Waals surface area contributed by atoms with E-state index in [1.807, 2.05) is 41.8 Å². The topological polar surface area (TPSA) is 93.0 Å². The third kappa shape index (κ3) is 5.83. The smallest absolute Gasteiger partial charge is 0.166 e. The van der Waals surface area contributed by atoms with E-state index in [1.54, 1.807) is 6.20 Å². The Morgan fingerprint density at radius 3 is 2.74 bits per heavy atom. The molecule has 0 spiro atoms. The van der Waals surface area contributed by atoms with Crippen LogP contribution in [0, 0.1) is 6.92 Å². The molecule has 0 unspecified atom stereocenters. The van der Waals surface area contributed by atoms with Gasteiger partial charge in [0.2, 0.25) is 0 Å². The molecule has 39 heavy (non-hydrogen) atoms. The van der Waals surface area contributed by atoms with E-state index in [1.165, 1.54) is 6.33 Å². The van der Waals surface area contributed by atoms with Gasteiger partial charge >= 0.3 is 0 Å². The van der Waals surface area contributed by atoms with Gasteiger partial charge in [0.1, 0.15) is 30.7 Å². The van der Waals surface area contributed by atoms with Crippen molar-refractivity contribution in [2.24, 2.45) is 0 Å². The zero-order valence-electron chi connectivity index (χ0n) is 21.9. The number of ether oxygens (including phenoxy) is 1. The third-order valence-electron chi connectivity index (χ3n) is 7.31. The van der Waals surface area contributed by atoms with Gasteiger partial charge in [-0.1, -0.05) is 11.6 Å². The number of nitrogens with zero attached hydrogens (tertiary/aromatic N) is 6. The van der Waals surface area contributed by atoms with Crippen LogP contribution in [-0.4, -0.2) is 80.9 Å². The van der Waals surface area contributed by atoms with E-state index in [9.17, 15) is 4.39 Å². The van der Waals surface area contributed by atoms with Crippen molar-refractivity contribution in [3.63, 3.8) is 0 Å². The van der Waals surface area contributed by atoms with Crippen LogP contribution in [0.4, 0.5) is 10.2 Å². The van der Waals surface area contributed by atoms with E-state index in [2.05, 4.69) is 30.5 Å². The molecule has 1 aliphatic heterocycles. The fraction of sp³-hybridized carbons (Fsp3) is 0.429. The first-order valence-corrected chi connectivity index (χ1v) is 13.8. The minimum absolute atomic E-state index is 0.0337. The molecule has 2 fully saturated rings. The highest BCUT2D eigenvalue weighted by molar-refractivity contribution is 6.33. The van der Waals surface area contributed by atoms with Crippen molar-refractivity contribution in [3.8, 4) is 17.1 Å². The Morgan fingerprint density at radius 1 is 1.13 bits per heavy atom. The quantitative estimate of drug-likeness (QED) is 0.322. The molecule has 11 heteroatoms. The number of aryl methyl sites for hydroxylation is 1. The van der Waals surface area contributed by atoms with E-state index in [4.69, 9.17) is 21.3 Å². The van der Waals surface area contributed by atoms with Crippen LogP contribution < -0.4 is 15.4 Å². The number of hydrogen-bond acceptors (Lipinski definition) is 8. The van der Waals surface area contributed by atoms with Gasteiger partial charge in [-0.05, 0) is 55.7 Å². The van der Waals surface area contributed by atoms with Crippen LogP contribution in [0.25, 0.3) is 22.6 Å². The molecule has 0 amide bonds. The molecule has 2 aliphatic rings. The Labute approximate surface area is 231 Å². The molecule has 3 aromatic heterocycles. The summed E-state index contributed by atoms with van der Waals surface area (Å²) in [4.78, 5) is 20.9. The highest BCUT2D eigenvalue weighted by Gasteiger charge is 2.30. The van der Waals surface area contributed by atoms with Crippen molar-refractivity contribution in [1.82, 2.24) is 34.7 Å². The van der Waals surface area contributed by atoms with Gasteiger partial charge in [-0.15, -0.1) is 0 Å². The van der Waals surface area contributed by atoms with Crippen LogP contribution >= 0.6 is 11.6 Å². The zero-order chi connectivity index (χ0) is 26.8. The molecule has 204 valence electrons. The number of imidazole rings is 1. The van der Waals surface area contributed by atoms with E-state index < -0.39 is 6.17 Å². The maximum atomic E-state index is 13.5. The predicted molar refractivity (Wildman–Crippen MR) is 150 cm³/mol. The molecule has 1 saturated heterocycles. The summed E-state index contributed by atoms with van der Waals surface area (Å²) in [6.45, 7) is 8.05. The molecule has 1 aliphatic carbocycles. The number of nitrogens with one attached hydrogen (secondary N) is 2. The molecule has 2 N–H and O–H groups in total. The molecule has 4 heterocycles. The average Bonchev–Trinajstić information content (AvgIpc) is 3.27. The lowest BCUT2D eigenvalue weighted by Crippen LogP contribution is -2.44. The minimum atomic E-state index is -0.767. The van der Waals surface area contributed by atoms with Gasteiger partial charge in [0, 0.05) is 50.5 Å². The summed E-state index contributed by atoms with van der Waals surface area (Å²) in [5.74, 6) is 1.97. The number of fused-ring (bicyclic) bond motifs is 1. The summed E-state index contributed by atoms with van der Waals surface area (Å²) in [5, 5.41) is 7.24. The molecule has 1 aromatic carbocycles. The Bertz CT molecular complexity index is 1450. The summed E-state index contributed by atoms with van der Waals surface area (Å²) in [6, 6.07) is 9.74. The van der Waals surface area contributed by atoms with Crippen LogP contribution in [0.3, 0.4) is 0 Å². The lowest BCUT2D eigenvalue weighted by molar-refractivity contribution is 0.191. The fourth-order valence-corrected chi connectivity index (χ4v) is 5.35. The first-order chi connectivity index (χ1) is 19.0. The predicted octanol–water partition coefficient (Wildman–Crippen LogP) is 4.09. The highest BCUT2D eigenvalue weighted by Crippen LogP contribution is 2.35. The zero-order valence-corrected chi connectivity index (χ0v) is 22.7. The fourth-order valence-electron chi connectivity index (χ4n) is 5.10. The first kappa shape index (κ1) is 25.9. The molecular weight excluding hydrogens is 519 g/mol.